The van der Waals surface area contributed by atoms with Gasteiger partial charge in [0.15, 0.2) is 5.71 Å². The number of ether oxygens (including phenoxy) is 1. The van der Waals surface area contributed by atoms with Crippen LogP contribution in [-0.2, 0) is 9.53 Å². The molecule has 0 aromatic heterocycles. The van der Waals surface area contributed by atoms with E-state index in [2.05, 4.69) is 15.4 Å². The first kappa shape index (κ1) is 19.8. The Balaban J connectivity index is 2.06. The Morgan fingerprint density at radius 1 is 1.23 bits per heavy atom. The van der Waals surface area contributed by atoms with Crippen LogP contribution in [0.5, 0.6) is 0 Å². The van der Waals surface area contributed by atoms with Crippen molar-refractivity contribution in [3.8, 4) is 0 Å². The lowest BCUT2D eigenvalue weighted by Gasteiger charge is -2.32. The van der Waals surface area contributed by atoms with E-state index in [1.165, 1.54) is 0 Å². The molecule has 1 aromatic rings. The van der Waals surface area contributed by atoms with Crippen molar-refractivity contribution in [2.75, 3.05) is 45.3 Å². The number of piperazine rings is 1. The standard InChI is InChI=1S/C17H23N5O3S/c1-3-25-17(24)12-4-6-13(7-5-12)19-20-14(15(18)26)16(23)22-10-8-21(2)9-11-22/h4-7,19H,3,8-11H2,1-2H3,(H2,18,26). The van der Waals surface area contributed by atoms with Crippen molar-refractivity contribution in [2.24, 2.45) is 10.8 Å². The van der Waals surface area contributed by atoms with Gasteiger partial charge in [0.05, 0.1) is 17.9 Å². The van der Waals surface area contributed by atoms with Crippen LogP contribution in [0.1, 0.15) is 17.3 Å². The third-order valence-corrected chi connectivity index (χ3v) is 4.11. The highest BCUT2D eigenvalue weighted by atomic mass is 32.1. The summed E-state index contributed by atoms with van der Waals surface area (Å²) in [5.74, 6) is -0.683. The highest BCUT2D eigenvalue weighted by Gasteiger charge is 2.25. The van der Waals surface area contributed by atoms with E-state index in [1.807, 2.05) is 7.05 Å². The van der Waals surface area contributed by atoms with Gasteiger partial charge >= 0.3 is 5.97 Å². The first-order valence-corrected chi connectivity index (χ1v) is 8.71. The maximum Gasteiger partial charge on any atom is 0.338 e. The average Bonchev–Trinajstić information content (AvgIpc) is 2.62. The van der Waals surface area contributed by atoms with Gasteiger partial charge in [-0.2, -0.15) is 5.10 Å². The molecule has 1 aliphatic rings. The number of likely N-dealkylation sites (N-methyl/N-ethyl adjacent to an activating group) is 1. The Hall–Kier alpha value is -2.52. The predicted molar refractivity (Wildman–Crippen MR) is 104 cm³/mol. The molecule has 8 nitrogen and oxygen atoms in total. The zero-order valence-electron chi connectivity index (χ0n) is 14.9. The Labute approximate surface area is 158 Å². The third kappa shape index (κ3) is 5.24. The summed E-state index contributed by atoms with van der Waals surface area (Å²) in [7, 11) is 2.01. The minimum absolute atomic E-state index is 0.0130. The topological polar surface area (TPSA) is 100 Å². The zero-order valence-corrected chi connectivity index (χ0v) is 15.7. The Morgan fingerprint density at radius 2 is 1.85 bits per heavy atom. The van der Waals surface area contributed by atoms with Crippen LogP contribution >= 0.6 is 12.2 Å². The highest BCUT2D eigenvalue weighted by Crippen LogP contribution is 2.11. The lowest BCUT2D eigenvalue weighted by Crippen LogP contribution is -2.51. The molecule has 0 unspecified atom stereocenters. The molecule has 2 rings (SSSR count). The number of benzene rings is 1. The fourth-order valence-corrected chi connectivity index (χ4v) is 2.52. The number of hydrogen-bond donors (Lipinski definition) is 2. The van der Waals surface area contributed by atoms with Crippen molar-refractivity contribution in [1.82, 2.24) is 9.80 Å². The van der Waals surface area contributed by atoms with Gasteiger partial charge in [0, 0.05) is 26.2 Å². The van der Waals surface area contributed by atoms with Gasteiger partial charge in [-0.1, -0.05) is 12.2 Å². The van der Waals surface area contributed by atoms with Crippen LogP contribution in [0.15, 0.2) is 29.4 Å². The maximum absolute atomic E-state index is 12.6. The molecule has 0 aliphatic carbocycles. The number of hydrazone groups is 1. The second-order valence-electron chi connectivity index (χ2n) is 5.83. The van der Waals surface area contributed by atoms with Crippen LogP contribution in [-0.4, -0.2) is 72.2 Å². The summed E-state index contributed by atoms with van der Waals surface area (Å²) >= 11 is 4.97. The summed E-state index contributed by atoms with van der Waals surface area (Å²) in [6.45, 7) is 4.85. The van der Waals surface area contributed by atoms with Crippen molar-refractivity contribution in [1.29, 1.82) is 0 Å². The van der Waals surface area contributed by atoms with E-state index in [-0.39, 0.29) is 16.6 Å². The molecule has 1 aliphatic heterocycles. The lowest BCUT2D eigenvalue weighted by molar-refractivity contribution is -0.125. The number of nitrogens with two attached hydrogens (primary N) is 1. The summed E-state index contributed by atoms with van der Waals surface area (Å²) in [5.41, 5.74) is 9.48. The maximum atomic E-state index is 12.6. The Kier molecular flexibility index (Phi) is 7.05. The van der Waals surface area contributed by atoms with Crippen molar-refractivity contribution in [2.45, 2.75) is 6.92 Å². The number of carbonyl (C=O) groups is 2. The Morgan fingerprint density at radius 3 is 2.38 bits per heavy atom. The number of carbonyl (C=O) groups excluding carboxylic acids is 2. The van der Waals surface area contributed by atoms with E-state index >= 15 is 0 Å². The fraction of sp³-hybridized carbons (Fsp3) is 0.412. The molecule has 26 heavy (non-hydrogen) atoms. The van der Waals surface area contributed by atoms with Crippen molar-refractivity contribution in [3.05, 3.63) is 29.8 Å². The van der Waals surface area contributed by atoms with Crippen molar-refractivity contribution < 1.29 is 14.3 Å². The van der Waals surface area contributed by atoms with Gasteiger partial charge in [0.1, 0.15) is 4.99 Å². The first-order chi connectivity index (χ1) is 12.4. The van der Waals surface area contributed by atoms with Gasteiger partial charge in [0.25, 0.3) is 5.91 Å². The van der Waals surface area contributed by atoms with E-state index in [0.29, 0.717) is 30.9 Å². The number of nitrogens with zero attached hydrogens (tertiary/aromatic N) is 3. The normalized spacial score (nSPS) is 15.5. The number of rotatable bonds is 6. The summed E-state index contributed by atoms with van der Waals surface area (Å²) in [4.78, 5) is 28.0. The van der Waals surface area contributed by atoms with E-state index < -0.39 is 5.97 Å². The van der Waals surface area contributed by atoms with Gasteiger partial charge in [-0.25, -0.2) is 4.79 Å². The van der Waals surface area contributed by atoms with E-state index in [0.717, 1.165) is 13.1 Å². The second-order valence-corrected chi connectivity index (χ2v) is 6.27. The van der Waals surface area contributed by atoms with Gasteiger partial charge in [0.2, 0.25) is 0 Å². The Bertz CT molecular complexity index is 697. The smallest absolute Gasteiger partial charge is 0.338 e. The van der Waals surface area contributed by atoms with Crippen LogP contribution < -0.4 is 11.2 Å². The highest BCUT2D eigenvalue weighted by molar-refractivity contribution is 7.82. The molecule has 0 spiro atoms. The van der Waals surface area contributed by atoms with Crippen LogP contribution in [0.4, 0.5) is 5.69 Å². The molecule has 1 amide bonds. The number of esters is 1. The zero-order chi connectivity index (χ0) is 19.1. The van der Waals surface area contributed by atoms with Crippen molar-refractivity contribution in [3.63, 3.8) is 0 Å². The molecular formula is C17H23N5O3S. The first-order valence-electron chi connectivity index (χ1n) is 8.31. The van der Waals surface area contributed by atoms with Gasteiger partial charge in [-0.15, -0.1) is 0 Å². The third-order valence-electron chi connectivity index (χ3n) is 3.92. The number of anilines is 1. The molecule has 1 aromatic carbocycles. The number of thiocarbonyl (C=S) groups is 1. The molecule has 0 radical (unpaired) electrons. The molecule has 3 N–H and O–H groups in total. The molecule has 0 atom stereocenters. The minimum atomic E-state index is -0.392. The molecular weight excluding hydrogens is 354 g/mol. The van der Waals surface area contributed by atoms with Crippen LogP contribution in [0.3, 0.4) is 0 Å². The number of nitrogens with one attached hydrogen (secondary N) is 1. The van der Waals surface area contributed by atoms with Crippen molar-refractivity contribution >= 4 is 40.5 Å². The average molecular weight is 377 g/mol. The predicted octanol–water partition coefficient (Wildman–Crippen LogP) is 0.691. The molecule has 1 saturated heterocycles. The van der Waals surface area contributed by atoms with Gasteiger partial charge < -0.3 is 20.3 Å². The second kappa shape index (κ2) is 9.25. The molecule has 0 saturated carbocycles. The van der Waals surface area contributed by atoms with E-state index in [4.69, 9.17) is 22.7 Å². The fourth-order valence-electron chi connectivity index (χ4n) is 2.38. The molecule has 140 valence electrons. The van der Waals surface area contributed by atoms with Crippen LogP contribution in [0.2, 0.25) is 0 Å². The summed E-state index contributed by atoms with van der Waals surface area (Å²) in [6, 6.07) is 6.54. The van der Waals surface area contributed by atoms with E-state index in [1.54, 1.807) is 36.1 Å². The lowest BCUT2D eigenvalue weighted by atomic mass is 10.2. The van der Waals surface area contributed by atoms with Crippen LogP contribution in [0, 0.1) is 0 Å². The van der Waals surface area contributed by atoms with Crippen LogP contribution in [0.25, 0.3) is 0 Å². The summed E-state index contributed by atoms with van der Waals surface area (Å²) in [6.07, 6.45) is 0. The summed E-state index contributed by atoms with van der Waals surface area (Å²) < 4.78 is 4.93. The molecule has 1 fully saturated rings. The quantitative estimate of drug-likeness (QED) is 0.326. The molecule has 9 heteroatoms. The molecule has 0 bridgehead atoms. The largest absolute Gasteiger partial charge is 0.462 e. The van der Waals surface area contributed by atoms with Gasteiger partial charge in [-0.05, 0) is 38.2 Å². The molecule has 1 heterocycles. The minimum Gasteiger partial charge on any atom is -0.462 e. The monoisotopic (exact) mass is 377 g/mol. The summed E-state index contributed by atoms with van der Waals surface area (Å²) in [5, 5.41) is 4.08. The van der Waals surface area contributed by atoms with E-state index in [9.17, 15) is 9.59 Å². The number of amides is 1. The van der Waals surface area contributed by atoms with Gasteiger partial charge in [-0.3, -0.25) is 10.2 Å². The SMILES string of the molecule is CCOC(=O)c1ccc(NN=C(C(=O)N2CCN(C)CC2)C(N)=S)cc1. The number of hydrogen-bond acceptors (Lipinski definition) is 7.